The summed E-state index contributed by atoms with van der Waals surface area (Å²) in [5.41, 5.74) is 2.28. The molecule has 1 atom stereocenters. The van der Waals surface area contributed by atoms with E-state index in [4.69, 9.17) is 23.6 Å². The highest BCUT2D eigenvalue weighted by Gasteiger charge is 2.39. The Labute approximate surface area is 214 Å². The van der Waals surface area contributed by atoms with E-state index in [0.717, 1.165) is 53.9 Å². The van der Waals surface area contributed by atoms with Gasteiger partial charge in [-0.15, -0.1) is 9.42 Å². The lowest BCUT2D eigenvalue weighted by atomic mass is 9.79. The normalized spacial score (nSPS) is 18.5. The summed E-state index contributed by atoms with van der Waals surface area (Å²) in [5.74, 6) is 2.29. The fourth-order valence-electron chi connectivity index (χ4n) is 5.05. The van der Waals surface area contributed by atoms with Gasteiger partial charge >= 0.3 is 8.25 Å². The molecule has 1 N–H and O–H groups in total. The minimum atomic E-state index is -2.54. The average molecular weight is 510 g/mol. The minimum Gasteiger partial charge on any atom is -0.497 e. The van der Waals surface area contributed by atoms with E-state index in [-0.39, 0.29) is 0 Å². The van der Waals surface area contributed by atoms with Crippen molar-refractivity contribution in [1.29, 1.82) is 0 Å². The molecule has 1 aliphatic carbocycles. The molecule has 3 aromatic carbocycles. The maximum atomic E-state index is 10.9. The van der Waals surface area contributed by atoms with E-state index in [0.29, 0.717) is 25.0 Å². The zero-order chi connectivity index (χ0) is 25.4. The molecule has 0 bridgehead atoms. The SMILES string of the molecule is COc1ccc(C(OCC2CCC(CO[P+](=O)O)CC2)(c2ccccc2)c2ccc(OC)cc2)cc1. The fourth-order valence-corrected chi connectivity index (χ4v) is 5.39. The Kier molecular flexibility index (Phi) is 9.11. The summed E-state index contributed by atoms with van der Waals surface area (Å²) in [6.45, 7) is 0.930. The van der Waals surface area contributed by atoms with Crippen LogP contribution in [0.4, 0.5) is 0 Å². The van der Waals surface area contributed by atoms with Gasteiger partial charge in [0.25, 0.3) is 0 Å². The maximum Gasteiger partial charge on any atom is 0.694 e. The van der Waals surface area contributed by atoms with Crippen LogP contribution in [0.3, 0.4) is 0 Å². The molecule has 36 heavy (non-hydrogen) atoms. The molecule has 0 radical (unpaired) electrons. The van der Waals surface area contributed by atoms with Crippen LogP contribution in [0.1, 0.15) is 42.4 Å². The molecule has 190 valence electrons. The van der Waals surface area contributed by atoms with E-state index in [2.05, 4.69) is 36.4 Å². The number of benzene rings is 3. The van der Waals surface area contributed by atoms with Gasteiger partial charge in [0.15, 0.2) is 0 Å². The molecule has 1 unspecified atom stereocenters. The Morgan fingerprint density at radius 1 is 0.722 bits per heavy atom. The van der Waals surface area contributed by atoms with Gasteiger partial charge in [-0.1, -0.05) is 54.6 Å². The van der Waals surface area contributed by atoms with Crippen molar-refractivity contribution in [3.05, 3.63) is 95.6 Å². The minimum absolute atomic E-state index is 0.314. The lowest BCUT2D eigenvalue weighted by molar-refractivity contribution is -0.0187. The maximum absolute atomic E-state index is 10.9. The van der Waals surface area contributed by atoms with Crippen molar-refractivity contribution in [2.24, 2.45) is 11.8 Å². The largest absolute Gasteiger partial charge is 0.694 e. The number of methoxy groups -OCH3 is 2. The monoisotopic (exact) mass is 509 g/mol. The Morgan fingerprint density at radius 3 is 1.61 bits per heavy atom. The van der Waals surface area contributed by atoms with E-state index in [9.17, 15) is 4.57 Å². The quantitative estimate of drug-likeness (QED) is 0.235. The van der Waals surface area contributed by atoms with Gasteiger partial charge in [0.05, 0.1) is 20.8 Å². The second-order valence-electron chi connectivity index (χ2n) is 9.24. The predicted octanol–water partition coefficient (Wildman–Crippen LogP) is 6.49. The summed E-state index contributed by atoms with van der Waals surface area (Å²) in [7, 11) is 0.797. The number of hydrogen-bond acceptors (Lipinski definition) is 5. The molecule has 0 saturated heterocycles. The van der Waals surface area contributed by atoms with Gasteiger partial charge in [0.2, 0.25) is 0 Å². The van der Waals surface area contributed by atoms with Crippen LogP contribution in [0.15, 0.2) is 78.9 Å². The van der Waals surface area contributed by atoms with Gasteiger partial charge in [-0.2, -0.15) is 0 Å². The van der Waals surface area contributed by atoms with Crippen LogP contribution in [0.5, 0.6) is 11.5 Å². The Balaban J connectivity index is 1.65. The van der Waals surface area contributed by atoms with E-state index < -0.39 is 13.9 Å². The van der Waals surface area contributed by atoms with E-state index in [1.807, 2.05) is 42.5 Å². The molecule has 1 saturated carbocycles. The van der Waals surface area contributed by atoms with Gasteiger partial charge in [-0.05, 0) is 78.5 Å². The van der Waals surface area contributed by atoms with Crippen molar-refractivity contribution in [1.82, 2.24) is 0 Å². The van der Waals surface area contributed by atoms with E-state index in [1.54, 1.807) is 14.2 Å². The van der Waals surface area contributed by atoms with Crippen molar-refractivity contribution in [3.8, 4) is 11.5 Å². The molecule has 7 heteroatoms. The molecule has 0 amide bonds. The van der Waals surface area contributed by atoms with E-state index in [1.165, 1.54) is 0 Å². The Hall–Kier alpha value is -2.76. The Bertz CT molecular complexity index is 1050. The second kappa shape index (κ2) is 12.5. The first kappa shape index (κ1) is 26.3. The van der Waals surface area contributed by atoms with Crippen molar-refractivity contribution < 1.29 is 28.2 Å². The first-order valence-corrected chi connectivity index (χ1v) is 13.5. The molecule has 3 aromatic rings. The highest BCUT2D eigenvalue weighted by Crippen LogP contribution is 2.43. The lowest BCUT2D eigenvalue weighted by Crippen LogP contribution is -2.35. The first-order chi connectivity index (χ1) is 17.5. The van der Waals surface area contributed by atoms with Crippen LogP contribution >= 0.6 is 8.25 Å². The third-order valence-electron chi connectivity index (χ3n) is 7.10. The molecule has 0 heterocycles. The average Bonchev–Trinajstić information content (AvgIpc) is 2.94. The van der Waals surface area contributed by atoms with Crippen molar-refractivity contribution in [2.75, 3.05) is 27.4 Å². The molecule has 1 aliphatic rings. The van der Waals surface area contributed by atoms with Crippen LogP contribution < -0.4 is 9.47 Å². The first-order valence-electron chi connectivity index (χ1n) is 12.3. The lowest BCUT2D eigenvalue weighted by Gasteiger charge is -2.38. The smallest absolute Gasteiger partial charge is 0.497 e. The molecule has 6 nitrogen and oxygen atoms in total. The van der Waals surface area contributed by atoms with Gasteiger partial charge in [0.1, 0.15) is 23.7 Å². The van der Waals surface area contributed by atoms with Crippen molar-refractivity contribution in [3.63, 3.8) is 0 Å². The third-order valence-corrected chi connectivity index (χ3v) is 7.47. The van der Waals surface area contributed by atoms with Crippen LogP contribution in [-0.4, -0.2) is 32.3 Å². The van der Waals surface area contributed by atoms with Crippen LogP contribution in [0, 0.1) is 11.8 Å². The van der Waals surface area contributed by atoms with Crippen LogP contribution in [0.2, 0.25) is 0 Å². The summed E-state index contributed by atoms with van der Waals surface area (Å²) < 4.78 is 33.7. The topological polar surface area (TPSA) is 74.2 Å². The highest BCUT2D eigenvalue weighted by atomic mass is 31.1. The van der Waals surface area contributed by atoms with Crippen molar-refractivity contribution in [2.45, 2.75) is 31.3 Å². The van der Waals surface area contributed by atoms with Crippen molar-refractivity contribution >= 4 is 8.25 Å². The van der Waals surface area contributed by atoms with Crippen LogP contribution in [-0.2, 0) is 19.4 Å². The third kappa shape index (κ3) is 6.13. The molecular formula is C29H34O6P+. The van der Waals surface area contributed by atoms with E-state index >= 15 is 0 Å². The van der Waals surface area contributed by atoms with Gasteiger partial charge in [-0.3, -0.25) is 0 Å². The van der Waals surface area contributed by atoms with Gasteiger partial charge in [-0.25, -0.2) is 0 Å². The molecule has 0 spiro atoms. The number of rotatable bonds is 11. The highest BCUT2D eigenvalue weighted by molar-refractivity contribution is 7.32. The predicted molar refractivity (Wildman–Crippen MR) is 139 cm³/mol. The summed E-state index contributed by atoms with van der Waals surface area (Å²) in [6.07, 6.45) is 3.90. The van der Waals surface area contributed by atoms with Crippen LogP contribution in [0.25, 0.3) is 0 Å². The second-order valence-corrected chi connectivity index (χ2v) is 9.97. The zero-order valence-electron chi connectivity index (χ0n) is 20.8. The summed E-state index contributed by atoms with van der Waals surface area (Å²) in [4.78, 5) is 8.95. The summed E-state index contributed by atoms with van der Waals surface area (Å²) in [6, 6.07) is 26.5. The molecule has 4 rings (SSSR count). The number of ether oxygens (including phenoxy) is 3. The zero-order valence-corrected chi connectivity index (χ0v) is 21.7. The fraction of sp³-hybridized carbons (Fsp3) is 0.379. The molecule has 0 aliphatic heterocycles. The van der Waals surface area contributed by atoms with Gasteiger partial charge < -0.3 is 14.2 Å². The Morgan fingerprint density at radius 2 is 1.17 bits per heavy atom. The molecular weight excluding hydrogens is 475 g/mol. The summed E-state index contributed by atoms with van der Waals surface area (Å²) >= 11 is 0. The summed E-state index contributed by atoms with van der Waals surface area (Å²) in [5, 5.41) is 0. The molecule has 0 aromatic heterocycles. The standard InChI is InChI=1S/C29H33O6P/c1-32-27-16-12-25(13-17-27)29(24-6-4-3-5-7-24,26-14-18-28(33-2)19-15-26)34-20-22-8-10-23(11-9-22)21-35-36(30)31/h3-7,12-19,22-23H,8-11,20-21H2,1-2H3/p+1. The number of hydrogen-bond donors (Lipinski definition) is 1. The van der Waals surface area contributed by atoms with Gasteiger partial charge in [0, 0.05) is 4.57 Å². The molecule has 1 fully saturated rings.